The average Bonchev–Trinajstić information content (AvgIpc) is 2.61. The summed E-state index contributed by atoms with van der Waals surface area (Å²) in [6.07, 6.45) is 18.0. The van der Waals surface area contributed by atoms with Crippen LogP contribution in [0.5, 0.6) is 0 Å². The molecule has 2 heteroatoms. The Balaban J connectivity index is 2.29. The number of esters is 1. The van der Waals surface area contributed by atoms with Crippen LogP contribution in [0, 0.1) is 0 Å². The maximum absolute atomic E-state index is 11.9. The Morgan fingerprint density at radius 2 is 1.44 bits per heavy atom. The predicted octanol–water partition coefficient (Wildman–Crippen LogP) is 7.50. The molecule has 0 radical (unpaired) electrons. The van der Waals surface area contributed by atoms with Gasteiger partial charge in [-0.05, 0) is 50.8 Å². The molecule has 1 aromatic rings. The molecule has 0 spiro atoms. The van der Waals surface area contributed by atoms with Crippen LogP contribution < -0.4 is 0 Å². The van der Waals surface area contributed by atoms with Gasteiger partial charge in [-0.15, -0.1) is 0 Å². The molecule has 0 aliphatic rings. The van der Waals surface area contributed by atoms with Crippen LogP contribution in [-0.2, 0) is 16.0 Å². The number of benzene rings is 1. The molecule has 0 aliphatic carbocycles. The molecule has 0 aliphatic heterocycles. The lowest BCUT2D eigenvalue weighted by Crippen LogP contribution is -2.22. The fraction of sp³-hybridized carbons (Fsp3) is 0.640. The zero-order valence-corrected chi connectivity index (χ0v) is 18.1. The second-order valence-electron chi connectivity index (χ2n) is 8.50. The summed E-state index contributed by atoms with van der Waals surface area (Å²) >= 11 is 0. The number of hydrogen-bond acceptors (Lipinski definition) is 2. The number of ether oxygens (including phenoxy) is 1. The quantitative estimate of drug-likeness (QED) is 0.203. The van der Waals surface area contributed by atoms with Gasteiger partial charge >= 0.3 is 5.97 Å². The van der Waals surface area contributed by atoms with E-state index >= 15 is 0 Å². The van der Waals surface area contributed by atoms with Crippen molar-refractivity contribution in [1.29, 1.82) is 0 Å². The lowest BCUT2D eigenvalue weighted by molar-refractivity contribution is -0.148. The Labute approximate surface area is 167 Å². The van der Waals surface area contributed by atoms with E-state index in [1.807, 2.05) is 32.9 Å². The van der Waals surface area contributed by atoms with Crippen LogP contribution in [-0.4, -0.2) is 11.6 Å². The summed E-state index contributed by atoms with van der Waals surface area (Å²) in [5.74, 6) is -0.281. The van der Waals surface area contributed by atoms with Gasteiger partial charge in [0.25, 0.3) is 0 Å². The smallest absolute Gasteiger partial charge is 0.331 e. The van der Waals surface area contributed by atoms with E-state index in [0.29, 0.717) is 0 Å². The molecular formula is C25H40O2. The van der Waals surface area contributed by atoms with Crippen molar-refractivity contribution in [2.75, 3.05) is 0 Å². The largest absolute Gasteiger partial charge is 0.457 e. The predicted molar refractivity (Wildman–Crippen MR) is 117 cm³/mol. The molecule has 0 aromatic heterocycles. The molecule has 1 rings (SSSR count). The number of rotatable bonds is 13. The number of carbonyl (C=O) groups is 1. The molecule has 0 fully saturated rings. The summed E-state index contributed by atoms with van der Waals surface area (Å²) in [5, 5.41) is 0. The molecule has 0 saturated carbocycles. The Hall–Kier alpha value is -1.57. The highest BCUT2D eigenvalue weighted by molar-refractivity contribution is 5.87. The van der Waals surface area contributed by atoms with Crippen molar-refractivity contribution < 1.29 is 9.53 Å². The molecule has 0 heterocycles. The van der Waals surface area contributed by atoms with E-state index in [4.69, 9.17) is 4.74 Å². The minimum absolute atomic E-state index is 0.281. The van der Waals surface area contributed by atoms with Crippen LogP contribution in [0.2, 0.25) is 0 Å². The van der Waals surface area contributed by atoms with E-state index in [-0.39, 0.29) is 5.97 Å². The van der Waals surface area contributed by atoms with Gasteiger partial charge in [0.15, 0.2) is 0 Å². The lowest BCUT2D eigenvalue weighted by Gasteiger charge is -2.18. The number of unbranched alkanes of at least 4 members (excludes halogenated alkanes) is 9. The van der Waals surface area contributed by atoms with Crippen molar-refractivity contribution in [2.45, 2.75) is 104 Å². The van der Waals surface area contributed by atoms with Gasteiger partial charge in [-0.25, -0.2) is 4.79 Å². The van der Waals surface area contributed by atoms with Crippen molar-refractivity contribution in [3.05, 3.63) is 41.5 Å². The van der Waals surface area contributed by atoms with Crippen molar-refractivity contribution in [1.82, 2.24) is 0 Å². The Morgan fingerprint density at radius 1 is 0.889 bits per heavy atom. The van der Waals surface area contributed by atoms with E-state index in [9.17, 15) is 4.79 Å². The van der Waals surface area contributed by atoms with Crippen molar-refractivity contribution >= 4 is 12.0 Å². The summed E-state index contributed by atoms with van der Waals surface area (Å²) in [5.41, 5.74) is 1.99. The SMILES string of the molecule is CCCCCCCCCCCCc1ccccc1/C=C/C(=O)OC(C)(C)C. The summed E-state index contributed by atoms with van der Waals surface area (Å²) in [7, 11) is 0. The highest BCUT2D eigenvalue weighted by Gasteiger charge is 2.13. The monoisotopic (exact) mass is 372 g/mol. The molecule has 152 valence electrons. The van der Waals surface area contributed by atoms with Crippen LogP contribution >= 0.6 is 0 Å². The van der Waals surface area contributed by atoms with Gasteiger partial charge in [0.05, 0.1) is 0 Å². The van der Waals surface area contributed by atoms with Crippen molar-refractivity contribution in [3.8, 4) is 0 Å². The summed E-state index contributed by atoms with van der Waals surface area (Å²) < 4.78 is 5.34. The number of carbonyl (C=O) groups excluding carboxylic acids is 1. The van der Waals surface area contributed by atoms with Gasteiger partial charge in [0.2, 0.25) is 0 Å². The minimum Gasteiger partial charge on any atom is -0.457 e. The van der Waals surface area contributed by atoms with Crippen LogP contribution in [0.3, 0.4) is 0 Å². The topological polar surface area (TPSA) is 26.3 Å². The first-order valence-electron chi connectivity index (χ1n) is 10.9. The van der Waals surface area contributed by atoms with Gasteiger partial charge in [-0.1, -0.05) is 89.0 Å². The molecule has 0 unspecified atom stereocenters. The zero-order valence-electron chi connectivity index (χ0n) is 18.1. The van der Waals surface area contributed by atoms with Crippen molar-refractivity contribution in [2.24, 2.45) is 0 Å². The Kier molecular flexibility index (Phi) is 11.8. The normalized spacial score (nSPS) is 11.9. The molecule has 0 bridgehead atoms. The lowest BCUT2D eigenvalue weighted by atomic mass is 10.00. The standard InChI is InChI=1S/C25H40O2/c1-5-6-7-8-9-10-11-12-13-14-17-22-18-15-16-19-23(22)20-21-24(26)27-25(2,3)4/h15-16,18-21H,5-14,17H2,1-4H3/b21-20+. The third-order valence-corrected chi connectivity index (χ3v) is 4.66. The van der Waals surface area contributed by atoms with Gasteiger partial charge < -0.3 is 4.74 Å². The van der Waals surface area contributed by atoms with Gasteiger partial charge in [0, 0.05) is 6.08 Å². The molecule has 0 N–H and O–H groups in total. The van der Waals surface area contributed by atoms with E-state index in [1.54, 1.807) is 6.08 Å². The highest BCUT2D eigenvalue weighted by atomic mass is 16.6. The Bertz CT molecular complexity index is 552. The van der Waals surface area contributed by atoms with Gasteiger partial charge in [0.1, 0.15) is 5.60 Å². The molecule has 2 nitrogen and oxygen atoms in total. The summed E-state index contributed by atoms with van der Waals surface area (Å²) in [6, 6.07) is 8.35. The van der Waals surface area contributed by atoms with Crippen LogP contribution in [0.25, 0.3) is 6.08 Å². The van der Waals surface area contributed by atoms with Crippen molar-refractivity contribution in [3.63, 3.8) is 0 Å². The first-order chi connectivity index (χ1) is 12.9. The van der Waals surface area contributed by atoms with E-state index in [1.165, 1.54) is 69.8 Å². The Morgan fingerprint density at radius 3 is 2.04 bits per heavy atom. The minimum atomic E-state index is -0.447. The maximum Gasteiger partial charge on any atom is 0.331 e. The summed E-state index contributed by atoms with van der Waals surface area (Å²) in [6.45, 7) is 7.93. The van der Waals surface area contributed by atoms with E-state index in [2.05, 4.69) is 25.1 Å². The molecular weight excluding hydrogens is 332 g/mol. The van der Waals surface area contributed by atoms with Gasteiger partial charge in [-0.3, -0.25) is 0 Å². The third kappa shape index (κ3) is 12.4. The average molecular weight is 373 g/mol. The van der Waals surface area contributed by atoms with Crippen LogP contribution in [0.4, 0.5) is 0 Å². The van der Waals surface area contributed by atoms with E-state index < -0.39 is 5.60 Å². The summed E-state index contributed by atoms with van der Waals surface area (Å²) in [4.78, 5) is 11.9. The van der Waals surface area contributed by atoms with Gasteiger partial charge in [-0.2, -0.15) is 0 Å². The highest BCUT2D eigenvalue weighted by Crippen LogP contribution is 2.17. The molecule has 0 atom stereocenters. The third-order valence-electron chi connectivity index (χ3n) is 4.66. The van der Waals surface area contributed by atoms with Crippen LogP contribution in [0.15, 0.2) is 30.3 Å². The molecule has 1 aromatic carbocycles. The van der Waals surface area contributed by atoms with Crippen LogP contribution in [0.1, 0.15) is 103 Å². The fourth-order valence-electron chi connectivity index (χ4n) is 3.22. The second-order valence-corrected chi connectivity index (χ2v) is 8.50. The molecule has 0 saturated heterocycles. The maximum atomic E-state index is 11.9. The number of aryl methyl sites for hydroxylation is 1. The zero-order chi connectivity index (χ0) is 20.0. The first-order valence-corrected chi connectivity index (χ1v) is 10.9. The molecule has 27 heavy (non-hydrogen) atoms. The first kappa shape index (κ1) is 23.5. The number of hydrogen-bond donors (Lipinski definition) is 0. The molecule has 0 amide bonds. The fourth-order valence-corrected chi connectivity index (χ4v) is 3.22. The van der Waals surface area contributed by atoms with E-state index in [0.717, 1.165) is 12.0 Å². The second kappa shape index (κ2) is 13.6.